The molecule has 4 unspecified atom stereocenters. The zero-order valence-electron chi connectivity index (χ0n) is 30.6. The third-order valence-electron chi connectivity index (χ3n) is 16.2. The quantitative estimate of drug-likeness (QED) is 0.230. The molecule has 7 nitrogen and oxygen atoms in total. The van der Waals surface area contributed by atoms with Gasteiger partial charge in [0.05, 0.1) is 24.0 Å². The highest BCUT2D eigenvalue weighted by molar-refractivity contribution is 5.78. The van der Waals surface area contributed by atoms with Crippen molar-refractivity contribution in [2.75, 3.05) is 26.4 Å². The Bertz CT molecular complexity index is 1190. The zero-order valence-corrected chi connectivity index (χ0v) is 30.6. The summed E-state index contributed by atoms with van der Waals surface area (Å²) in [5, 5.41) is 0. The summed E-state index contributed by atoms with van der Waals surface area (Å²) in [4.78, 5) is 28.0. The first-order valence-electron chi connectivity index (χ1n) is 20.7. The lowest BCUT2D eigenvalue weighted by Crippen LogP contribution is -2.63. The summed E-state index contributed by atoms with van der Waals surface area (Å²) in [6.07, 6.45) is 18.6. The van der Waals surface area contributed by atoms with Crippen molar-refractivity contribution in [2.24, 2.45) is 74.9 Å². The molecule has 13 fully saturated rings. The predicted octanol–water partition coefficient (Wildman–Crippen LogP) is 7.87. The highest BCUT2D eigenvalue weighted by Crippen LogP contribution is 2.67. The van der Waals surface area contributed by atoms with E-state index in [1.54, 1.807) is 0 Å². The Hall–Kier alpha value is -1.18. The molecule has 0 radical (unpaired) electrons. The van der Waals surface area contributed by atoms with Gasteiger partial charge in [0.15, 0.2) is 5.79 Å². The number of hydrogen-bond acceptors (Lipinski definition) is 7. The monoisotopic (exact) mass is 678 g/mol. The minimum atomic E-state index is -0.681. The molecule has 4 atom stereocenters. The summed E-state index contributed by atoms with van der Waals surface area (Å²) in [6, 6.07) is 0. The fraction of sp³-hybridized carbons (Fsp3) is 0.952. The van der Waals surface area contributed by atoms with E-state index in [1.807, 2.05) is 0 Å². The van der Waals surface area contributed by atoms with E-state index in [2.05, 4.69) is 20.8 Å². The number of hydrogen-bond donors (Lipinski definition) is 0. The lowest BCUT2D eigenvalue weighted by atomic mass is 9.47. The topological polar surface area (TPSA) is 80.3 Å². The highest BCUT2D eigenvalue weighted by Gasteiger charge is 2.68. The van der Waals surface area contributed by atoms with E-state index in [4.69, 9.17) is 23.7 Å². The van der Waals surface area contributed by atoms with Crippen LogP contribution in [0.25, 0.3) is 0 Å². The van der Waals surface area contributed by atoms with Crippen molar-refractivity contribution in [1.82, 2.24) is 0 Å². The van der Waals surface area contributed by atoms with Gasteiger partial charge in [0, 0.05) is 11.8 Å². The lowest BCUT2D eigenvalue weighted by Gasteiger charge is -2.63. The van der Waals surface area contributed by atoms with Crippen LogP contribution in [0.5, 0.6) is 0 Å². The van der Waals surface area contributed by atoms with Crippen LogP contribution in [0.2, 0.25) is 0 Å². The van der Waals surface area contributed by atoms with Gasteiger partial charge < -0.3 is 23.7 Å². The van der Waals surface area contributed by atoms with Gasteiger partial charge in [-0.25, -0.2) is 0 Å². The average Bonchev–Trinajstić information content (AvgIpc) is 3.38. The van der Waals surface area contributed by atoms with Crippen molar-refractivity contribution in [3.05, 3.63) is 0 Å². The summed E-state index contributed by atoms with van der Waals surface area (Å²) in [5.41, 5.74) is -0.241. The molecule has 1 aliphatic heterocycles. The molecular formula is C42H62O7. The van der Waals surface area contributed by atoms with Crippen LogP contribution in [-0.2, 0) is 33.3 Å². The molecule has 0 aromatic rings. The average molecular weight is 679 g/mol. The van der Waals surface area contributed by atoms with Crippen LogP contribution >= 0.6 is 0 Å². The van der Waals surface area contributed by atoms with E-state index in [-0.39, 0.29) is 46.8 Å². The van der Waals surface area contributed by atoms with Crippen molar-refractivity contribution in [3.63, 3.8) is 0 Å². The molecule has 0 N–H and O–H groups in total. The molecule has 0 aromatic heterocycles. The summed E-state index contributed by atoms with van der Waals surface area (Å²) in [5.74, 6) is 4.75. The summed E-state index contributed by atoms with van der Waals surface area (Å²) < 4.78 is 33.4. The van der Waals surface area contributed by atoms with Crippen LogP contribution in [0.3, 0.4) is 0 Å². The van der Waals surface area contributed by atoms with Crippen molar-refractivity contribution < 1.29 is 33.3 Å². The molecule has 1 saturated heterocycles. The summed E-state index contributed by atoms with van der Waals surface area (Å²) >= 11 is 0. The first kappa shape index (κ1) is 32.5. The molecule has 12 aliphatic carbocycles. The largest absolute Gasteiger partial charge is 0.462 e. The Labute approximate surface area is 294 Å². The Morgan fingerprint density at radius 3 is 1.35 bits per heavy atom. The predicted molar refractivity (Wildman–Crippen MR) is 182 cm³/mol. The van der Waals surface area contributed by atoms with Crippen molar-refractivity contribution >= 4 is 11.9 Å². The standard InChI is InChI=1S/C42H62O7/c1-38(2,3)23-45-24-39-12-31-10-32(19-39)42(33(11-31)20-39)48-34(21-46-36(43)40-13-25-4-26(14-40)6-27(5-25)15-40)35(49-42)22-47-37(44)41-16-28-7-29(17-41)9-30(8-28)18-41/h25-35H,4-24H2,1-3H3. The van der Waals surface area contributed by atoms with Gasteiger partial charge in [0.1, 0.15) is 25.4 Å². The zero-order chi connectivity index (χ0) is 33.4. The lowest BCUT2D eigenvalue weighted by molar-refractivity contribution is -0.318. The molecule has 272 valence electrons. The summed E-state index contributed by atoms with van der Waals surface area (Å²) in [6.45, 7) is 8.73. The first-order chi connectivity index (χ1) is 23.4. The number of ether oxygens (including phenoxy) is 5. The number of carbonyl (C=O) groups is 2. The van der Waals surface area contributed by atoms with Gasteiger partial charge in [0.25, 0.3) is 0 Å². The Balaban J connectivity index is 0.863. The fourth-order valence-corrected chi connectivity index (χ4v) is 15.5. The van der Waals surface area contributed by atoms with Gasteiger partial charge in [-0.05, 0) is 161 Å². The summed E-state index contributed by atoms with van der Waals surface area (Å²) in [7, 11) is 0. The molecule has 49 heavy (non-hydrogen) atoms. The van der Waals surface area contributed by atoms with Crippen molar-refractivity contribution in [2.45, 2.75) is 148 Å². The number of rotatable bonds is 9. The van der Waals surface area contributed by atoms with Gasteiger partial charge in [-0.2, -0.15) is 0 Å². The molecule has 13 aliphatic rings. The van der Waals surface area contributed by atoms with E-state index in [1.165, 1.54) is 44.9 Å². The molecule has 7 heteroatoms. The second-order valence-corrected chi connectivity index (χ2v) is 21.5. The molecule has 13 rings (SSSR count). The van der Waals surface area contributed by atoms with Gasteiger partial charge in [0.2, 0.25) is 0 Å². The van der Waals surface area contributed by atoms with Crippen LogP contribution in [0, 0.1) is 74.9 Å². The SMILES string of the molecule is CC(C)(C)COCC12CC3CC(C1)C1(OC(COC(=O)C45CC6CC(CC(C6)C4)C5)C(COC(=O)C45CC6CC(CC(C6)C4)C5)O1)C(C3)C2. The number of esters is 2. The van der Waals surface area contributed by atoms with Gasteiger partial charge >= 0.3 is 11.9 Å². The van der Waals surface area contributed by atoms with Gasteiger partial charge in [-0.15, -0.1) is 0 Å². The van der Waals surface area contributed by atoms with Crippen molar-refractivity contribution in [1.29, 1.82) is 0 Å². The molecule has 1 heterocycles. The van der Waals surface area contributed by atoms with Crippen LogP contribution < -0.4 is 0 Å². The van der Waals surface area contributed by atoms with Crippen LogP contribution in [0.15, 0.2) is 0 Å². The number of carbonyl (C=O) groups excluding carboxylic acids is 2. The smallest absolute Gasteiger partial charge is 0.312 e. The third kappa shape index (κ3) is 5.41. The minimum Gasteiger partial charge on any atom is -0.462 e. The molecular weight excluding hydrogens is 616 g/mol. The maximum Gasteiger partial charge on any atom is 0.312 e. The maximum atomic E-state index is 14.0. The van der Waals surface area contributed by atoms with E-state index >= 15 is 0 Å². The molecule has 12 saturated carbocycles. The normalized spacial score (nSPS) is 52.8. The fourth-order valence-electron chi connectivity index (χ4n) is 15.5. The van der Waals surface area contributed by atoms with Crippen LogP contribution in [0.1, 0.15) is 130 Å². The Kier molecular flexibility index (Phi) is 7.40. The van der Waals surface area contributed by atoms with Crippen molar-refractivity contribution in [3.8, 4) is 0 Å². The van der Waals surface area contributed by atoms with E-state index < -0.39 is 18.0 Å². The van der Waals surface area contributed by atoms with Crippen LogP contribution in [-0.4, -0.2) is 56.4 Å². The van der Waals surface area contributed by atoms with E-state index in [9.17, 15) is 9.59 Å². The van der Waals surface area contributed by atoms with E-state index in [0.29, 0.717) is 53.3 Å². The van der Waals surface area contributed by atoms with Gasteiger partial charge in [-0.1, -0.05) is 20.8 Å². The third-order valence-corrected chi connectivity index (χ3v) is 16.2. The molecule has 0 aromatic carbocycles. The highest BCUT2D eigenvalue weighted by atomic mass is 16.8. The first-order valence-corrected chi connectivity index (χ1v) is 20.7. The minimum absolute atomic E-state index is 0.000458. The second-order valence-electron chi connectivity index (χ2n) is 21.5. The van der Waals surface area contributed by atoms with E-state index in [0.717, 1.165) is 77.4 Å². The van der Waals surface area contributed by atoms with Crippen LogP contribution in [0.4, 0.5) is 0 Å². The molecule has 0 amide bonds. The Morgan fingerprint density at radius 2 is 0.959 bits per heavy atom. The molecule has 1 spiro atoms. The Morgan fingerprint density at radius 1 is 0.571 bits per heavy atom. The maximum absolute atomic E-state index is 14.0. The second kappa shape index (κ2) is 11.2. The molecule has 12 bridgehead atoms. The van der Waals surface area contributed by atoms with Gasteiger partial charge in [-0.3, -0.25) is 9.59 Å².